The molecule has 1 atom stereocenters. The summed E-state index contributed by atoms with van der Waals surface area (Å²) in [6, 6.07) is 13.9. The maximum Gasteiger partial charge on any atom is 0.234 e. The first kappa shape index (κ1) is 16.4. The number of benzene rings is 2. The summed E-state index contributed by atoms with van der Waals surface area (Å²) in [5.41, 5.74) is 3.17. The van der Waals surface area contributed by atoms with Crippen molar-refractivity contribution < 1.29 is 14.3 Å². The number of para-hydroxylation sites is 1. The normalized spacial score (nSPS) is 16.2. The van der Waals surface area contributed by atoms with Crippen LogP contribution in [0.2, 0.25) is 0 Å². The van der Waals surface area contributed by atoms with Gasteiger partial charge in [0.15, 0.2) is 11.5 Å². The Morgan fingerprint density at radius 1 is 1.00 bits per heavy atom. The second kappa shape index (κ2) is 6.95. The third-order valence-electron chi connectivity index (χ3n) is 4.35. The largest absolute Gasteiger partial charge is 0.490 e. The van der Waals surface area contributed by atoms with E-state index in [-0.39, 0.29) is 11.8 Å². The molecule has 0 N–H and O–H groups in total. The SMILES string of the molecule is CCOc1ccc(C[C@@H]2C(=O)N(C)c3ccccc32)cc1OCC. The van der Waals surface area contributed by atoms with Crippen LogP contribution >= 0.6 is 0 Å². The van der Waals surface area contributed by atoms with E-state index in [4.69, 9.17) is 9.47 Å². The van der Waals surface area contributed by atoms with Crippen LogP contribution in [0.3, 0.4) is 0 Å². The molecule has 0 bridgehead atoms. The number of fused-ring (bicyclic) bond motifs is 1. The molecular weight excluding hydrogens is 302 g/mol. The van der Waals surface area contributed by atoms with Crippen LogP contribution in [0, 0.1) is 0 Å². The molecule has 2 aromatic carbocycles. The molecule has 3 rings (SSSR count). The number of anilines is 1. The molecule has 0 saturated carbocycles. The third-order valence-corrected chi connectivity index (χ3v) is 4.35. The molecule has 0 aromatic heterocycles. The molecule has 1 aliphatic rings. The van der Waals surface area contributed by atoms with Crippen molar-refractivity contribution in [1.82, 2.24) is 0 Å². The van der Waals surface area contributed by atoms with Gasteiger partial charge in [0.25, 0.3) is 0 Å². The molecule has 0 saturated heterocycles. The number of nitrogens with zero attached hydrogens (tertiary/aromatic N) is 1. The maximum absolute atomic E-state index is 12.6. The monoisotopic (exact) mass is 325 g/mol. The first-order chi connectivity index (χ1) is 11.7. The lowest BCUT2D eigenvalue weighted by Crippen LogP contribution is -2.24. The Hall–Kier alpha value is -2.49. The minimum Gasteiger partial charge on any atom is -0.490 e. The van der Waals surface area contributed by atoms with E-state index in [1.807, 2.05) is 63.4 Å². The van der Waals surface area contributed by atoms with Crippen LogP contribution in [-0.4, -0.2) is 26.2 Å². The highest BCUT2D eigenvalue weighted by atomic mass is 16.5. The molecule has 126 valence electrons. The maximum atomic E-state index is 12.6. The summed E-state index contributed by atoms with van der Waals surface area (Å²) in [6.45, 7) is 5.08. The fourth-order valence-electron chi connectivity index (χ4n) is 3.23. The molecule has 0 fully saturated rings. The molecule has 0 aliphatic carbocycles. The Balaban J connectivity index is 1.88. The number of rotatable bonds is 6. The van der Waals surface area contributed by atoms with E-state index in [1.165, 1.54) is 0 Å². The lowest BCUT2D eigenvalue weighted by Gasteiger charge is -2.15. The highest BCUT2D eigenvalue weighted by Gasteiger charge is 2.34. The van der Waals surface area contributed by atoms with Crippen molar-refractivity contribution in [1.29, 1.82) is 0 Å². The van der Waals surface area contributed by atoms with Gasteiger partial charge in [0.05, 0.1) is 19.1 Å². The highest BCUT2D eigenvalue weighted by Crippen LogP contribution is 2.39. The number of amides is 1. The van der Waals surface area contributed by atoms with Gasteiger partial charge in [-0.2, -0.15) is 0 Å². The number of hydrogen-bond donors (Lipinski definition) is 0. The van der Waals surface area contributed by atoms with Crippen molar-refractivity contribution in [2.75, 3.05) is 25.2 Å². The van der Waals surface area contributed by atoms with Gasteiger partial charge in [0.1, 0.15) is 0 Å². The van der Waals surface area contributed by atoms with Gasteiger partial charge < -0.3 is 14.4 Å². The van der Waals surface area contributed by atoms with E-state index < -0.39 is 0 Å². The van der Waals surface area contributed by atoms with Crippen LogP contribution in [0.25, 0.3) is 0 Å². The van der Waals surface area contributed by atoms with Gasteiger partial charge in [-0.05, 0) is 49.6 Å². The lowest BCUT2D eigenvalue weighted by molar-refractivity contribution is -0.119. The zero-order valence-corrected chi connectivity index (χ0v) is 14.4. The van der Waals surface area contributed by atoms with Crippen LogP contribution in [0.1, 0.15) is 30.9 Å². The number of likely N-dealkylation sites (N-methyl/N-ethyl adjacent to an activating group) is 1. The lowest BCUT2D eigenvalue weighted by atomic mass is 9.93. The van der Waals surface area contributed by atoms with Gasteiger partial charge in [-0.15, -0.1) is 0 Å². The Morgan fingerprint density at radius 2 is 1.71 bits per heavy atom. The summed E-state index contributed by atoms with van der Waals surface area (Å²) in [4.78, 5) is 14.4. The smallest absolute Gasteiger partial charge is 0.234 e. The van der Waals surface area contributed by atoms with Crippen molar-refractivity contribution >= 4 is 11.6 Å². The second-order valence-corrected chi connectivity index (χ2v) is 5.86. The van der Waals surface area contributed by atoms with E-state index >= 15 is 0 Å². The molecule has 24 heavy (non-hydrogen) atoms. The van der Waals surface area contributed by atoms with Gasteiger partial charge in [-0.3, -0.25) is 4.79 Å². The molecule has 2 aromatic rings. The number of carbonyl (C=O) groups excluding carboxylic acids is 1. The standard InChI is InChI=1S/C20H23NO3/c1-4-23-18-11-10-14(13-19(18)24-5-2)12-16-15-8-6-7-9-17(15)21(3)20(16)22/h6-11,13,16H,4-5,12H2,1-3H3/t16-/m0/s1. The molecule has 1 aliphatic heterocycles. The molecule has 0 unspecified atom stereocenters. The Kier molecular flexibility index (Phi) is 4.74. The molecule has 0 spiro atoms. The number of ether oxygens (including phenoxy) is 2. The highest BCUT2D eigenvalue weighted by molar-refractivity contribution is 6.04. The first-order valence-corrected chi connectivity index (χ1v) is 8.40. The predicted octanol–water partition coefficient (Wildman–Crippen LogP) is 3.79. The van der Waals surface area contributed by atoms with Crippen LogP contribution in [0.4, 0.5) is 5.69 Å². The zero-order valence-electron chi connectivity index (χ0n) is 14.4. The summed E-state index contributed by atoms with van der Waals surface area (Å²) in [5, 5.41) is 0. The fraction of sp³-hybridized carbons (Fsp3) is 0.350. The minimum atomic E-state index is -0.140. The van der Waals surface area contributed by atoms with Gasteiger partial charge in [-0.1, -0.05) is 24.3 Å². The van der Waals surface area contributed by atoms with Crippen molar-refractivity contribution in [3.05, 3.63) is 53.6 Å². The topological polar surface area (TPSA) is 38.8 Å². The summed E-state index contributed by atoms with van der Waals surface area (Å²) in [5.74, 6) is 1.49. The number of carbonyl (C=O) groups is 1. The van der Waals surface area contributed by atoms with Gasteiger partial charge in [0, 0.05) is 12.7 Å². The first-order valence-electron chi connectivity index (χ1n) is 8.40. The molecule has 4 nitrogen and oxygen atoms in total. The van der Waals surface area contributed by atoms with Crippen molar-refractivity contribution in [2.45, 2.75) is 26.2 Å². The quantitative estimate of drug-likeness (QED) is 0.811. The van der Waals surface area contributed by atoms with Gasteiger partial charge in [-0.25, -0.2) is 0 Å². The van der Waals surface area contributed by atoms with E-state index in [0.29, 0.717) is 19.6 Å². The van der Waals surface area contributed by atoms with Gasteiger partial charge in [0.2, 0.25) is 5.91 Å². The Morgan fingerprint density at radius 3 is 2.46 bits per heavy atom. The predicted molar refractivity (Wildman–Crippen MR) is 95.1 cm³/mol. The van der Waals surface area contributed by atoms with E-state index in [1.54, 1.807) is 4.90 Å². The van der Waals surface area contributed by atoms with E-state index in [2.05, 4.69) is 0 Å². The van der Waals surface area contributed by atoms with Crippen LogP contribution < -0.4 is 14.4 Å². The molecular formula is C20H23NO3. The summed E-state index contributed by atoms with van der Waals surface area (Å²) in [6.07, 6.45) is 0.659. The number of hydrogen-bond acceptors (Lipinski definition) is 3. The molecule has 0 radical (unpaired) electrons. The average Bonchev–Trinajstić information content (AvgIpc) is 2.83. The Bertz CT molecular complexity index is 741. The summed E-state index contributed by atoms with van der Waals surface area (Å²) < 4.78 is 11.3. The van der Waals surface area contributed by atoms with Crippen LogP contribution in [-0.2, 0) is 11.2 Å². The summed E-state index contributed by atoms with van der Waals surface area (Å²) in [7, 11) is 1.84. The van der Waals surface area contributed by atoms with E-state index in [9.17, 15) is 4.79 Å². The molecule has 1 heterocycles. The molecule has 4 heteroatoms. The van der Waals surface area contributed by atoms with Crippen molar-refractivity contribution in [3.63, 3.8) is 0 Å². The Labute approximate surface area is 143 Å². The summed E-state index contributed by atoms with van der Waals surface area (Å²) >= 11 is 0. The van der Waals surface area contributed by atoms with Crippen molar-refractivity contribution in [3.8, 4) is 11.5 Å². The van der Waals surface area contributed by atoms with E-state index in [0.717, 1.165) is 28.3 Å². The third kappa shape index (κ3) is 2.96. The van der Waals surface area contributed by atoms with Crippen LogP contribution in [0.15, 0.2) is 42.5 Å². The van der Waals surface area contributed by atoms with Crippen molar-refractivity contribution in [2.24, 2.45) is 0 Å². The molecule has 1 amide bonds. The average molecular weight is 325 g/mol. The zero-order chi connectivity index (χ0) is 17.1. The van der Waals surface area contributed by atoms with Crippen LogP contribution in [0.5, 0.6) is 11.5 Å². The fourth-order valence-corrected chi connectivity index (χ4v) is 3.23. The van der Waals surface area contributed by atoms with Gasteiger partial charge >= 0.3 is 0 Å². The second-order valence-electron chi connectivity index (χ2n) is 5.86. The minimum absolute atomic E-state index is 0.140.